The summed E-state index contributed by atoms with van der Waals surface area (Å²) >= 11 is 6.81. The van der Waals surface area contributed by atoms with Gasteiger partial charge in [-0.2, -0.15) is 0 Å². The Bertz CT molecular complexity index is 605. The highest BCUT2D eigenvalue weighted by atomic mass is 79.9. The molecule has 1 aromatic carbocycles. The number of hydrogen-bond donors (Lipinski definition) is 1. The first-order chi connectivity index (χ1) is 9.51. The lowest BCUT2D eigenvalue weighted by Gasteiger charge is -2.15. The summed E-state index contributed by atoms with van der Waals surface area (Å²) in [6.07, 6.45) is 1.92. The number of aromatic nitrogens is 1. The second-order valence-electron chi connectivity index (χ2n) is 4.58. The summed E-state index contributed by atoms with van der Waals surface area (Å²) in [5, 5.41) is 3.02. The molecule has 0 radical (unpaired) electrons. The molecule has 20 heavy (non-hydrogen) atoms. The molecule has 0 aliphatic rings. The number of amides is 1. The monoisotopic (exact) mass is 398 g/mol. The molecule has 1 heterocycles. The fraction of sp³-hybridized carbons (Fsp3) is 0.267. The van der Waals surface area contributed by atoms with Crippen molar-refractivity contribution in [1.29, 1.82) is 0 Å². The Morgan fingerprint density at radius 3 is 2.50 bits per heavy atom. The van der Waals surface area contributed by atoms with Crippen LogP contribution in [0.4, 0.5) is 0 Å². The molecule has 0 spiro atoms. The average molecular weight is 400 g/mol. The molecular weight excluding hydrogens is 384 g/mol. The van der Waals surface area contributed by atoms with E-state index >= 15 is 0 Å². The maximum atomic E-state index is 12.3. The van der Waals surface area contributed by atoms with Crippen molar-refractivity contribution in [1.82, 2.24) is 9.88 Å². The van der Waals surface area contributed by atoms with E-state index in [4.69, 9.17) is 0 Å². The first-order valence-electron chi connectivity index (χ1n) is 6.43. The molecule has 0 aliphatic carbocycles. The van der Waals surface area contributed by atoms with Gasteiger partial charge in [0.25, 0.3) is 5.91 Å². The Kier molecular flexibility index (Phi) is 5.05. The van der Waals surface area contributed by atoms with Crippen LogP contribution in [0.3, 0.4) is 0 Å². The van der Waals surface area contributed by atoms with Gasteiger partial charge in [0, 0.05) is 21.7 Å². The van der Waals surface area contributed by atoms with Crippen LogP contribution in [-0.2, 0) is 6.54 Å². The van der Waals surface area contributed by atoms with Crippen LogP contribution in [0.15, 0.2) is 45.5 Å². The molecule has 2 rings (SSSR count). The minimum Gasteiger partial charge on any atom is -0.344 e. The number of benzene rings is 1. The first kappa shape index (κ1) is 15.3. The van der Waals surface area contributed by atoms with Gasteiger partial charge >= 0.3 is 0 Å². The number of nitrogens with one attached hydrogen (secondary N) is 1. The smallest absolute Gasteiger partial charge is 0.268 e. The number of rotatable bonds is 4. The zero-order valence-corrected chi connectivity index (χ0v) is 14.5. The molecule has 0 saturated carbocycles. The van der Waals surface area contributed by atoms with Crippen LogP contribution < -0.4 is 5.32 Å². The number of hydrogen-bond acceptors (Lipinski definition) is 1. The minimum atomic E-state index is -0.0621. The van der Waals surface area contributed by atoms with Crippen molar-refractivity contribution < 1.29 is 4.79 Å². The van der Waals surface area contributed by atoms with E-state index in [2.05, 4.69) is 37.2 Å². The third-order valence-electron chi connectivity index (χ3n) is 3.15. The van der Waals surface area contributed by atoms with E-state index in [9.17, 15) is 4.79 Å². The van der Waals surface area contributed by atoms with Gasteiger partial charge in [0.05, 0.1) is 6.04 Å². The lowest BCUT2D eigenvalue weighted by atomic mass is 10.1. The molecule has 1 N–H and O–H groups in total. The van der Waals surface area contributed by atoms with Crippen LogP contribution in [0, 0.1) is 0 Å². The zero-order valence-electron chi connectivity index (χ0n) is 11.4. The zero-order chi connectivity index (χ0) is 14.7. The molecular formula is C15H16Br2N2O. The summed E-state index contributed by atoms with van der Waals surface area (Å²) in [7, 11) is 0. The number of halogens is 2. The number of nitrogens with zero attached hydrogens (tertiary/aromatic N) is 1. The summed E-state index contributed by atoms with van der Waals surface area (Å²) in [4.78, 5) is 12.3. The van der Waals surface area contributed by atoms with Crippen molar-refractivity contribution in [2.75, 3.05) is 0 Å². The van der Waals surface area contributed by atoms with Gasteiger partial charge in [-0.15, -0.1) is 0 Å². The minimum absolute atomic E-state index is 0.0328. The molecule has 0 saturated heterocycles. The van der Waals surface area contributed by atoms with Crippen LogP contribution in [0.25, 0.3) is 0 Å². The fourth-order valence-electron chi connectivity index (χ4n) is 2.03. The van der Waals surface area contributed by atoms with Gasteiger partial charge in [0.15, 0.2) is 0 Å². The molecule has 106 valence electrons. The Balaban J connectivity index is 2.12. The molecule has 0 fully saturated rings. The topological polar surface area (TPSA) is 34.0 Å². The fourth-order valence-corrected chi connectivity index (χ4v) is 2.76. The van der Waals surface area contributed by atoms with Crippen LogP contribution in [0.5, 0.6) is 0 Å². The van der Waals surface area contributed by atoms with Crippen LogP contribution >= 0.6 is 31.9 Å². The normalized spacial score (nSPS) is 12.2. The third-order valence-corrected chi connectivity index (χ3v) is 4.12. The summed E-state index contributed by atoms with van der Waals surface area (Å²) in [6, 6.07) is 9.77. The molecule has 2 aromatic rings. The maximum absolute atomic E-state index is 12.3. The highest BCUT2D eigenvalue weighted by Crippen LogP contribution is 2.19. The van der Waals surface area contributed by atoms with E-state index in [1.54, 1.807) is 0 Å². The standard InChI is InChI=1S/C15H16Br2N2O/c1-3-19-9-13(17)8-14(19)15(20)18-10(2)11-4-6-12(16)7-5-11/h4-10H,3H2,1-2H3,(H,18,20). The van der Waals surface area contributed by atoms with Crippen LogP contribution in [-0.4, -0.2) is 10.5 Å². The Hall–Kier alpha value is -1.07. The highest BCUT2D eigenvalue weighted by molar-refractivity contribution is 9.10. The van der Waals surface area contributed by atoms with Gasteiger partial charge in [-0.25, -0.2) is 0 Å². The second-order valence-corrected chi connectivity index (χ2v) is 6.41. The second kappa shape index (κ2) is 6.59. The molecule has 1 unspecified atom stereocenters. The third kappa shape index (κ3) is 3.52. The van der Waals surface area contributed by atoms with Crippen molar-refractivity contribution in [3.8, 4) is 0 Å². The van der Waals surface area contributed by atoms with E-state index < -0.39 is 0 Å². The van der Waals surface area contributed by atoms with Crippen LogP contribution in [0.2, 0.25) is 0 Å². The van der Waals surface area contributed by atoms with Crippen LogP contribution in [0.1, 0.15) is 35.9 Å². The summed E-state index contributed by atoms with van der Waals surface area (Å²) in [6.45, 7) is 4.76. The quantitative estimate of drug-likeness (QED) is 0.805. The van der Waals surface area contributed by atoms with Gasteiger partial charge in [0.1, 0.15) is 5.69 Å². The van der Waals surface area contributed by atoms with Gasteiger partial charge in [-0.05, 0) is 53.5 Å². The lowest BCUT2D eigenvalue weighted by molar-refractivity contribution is 0.0930. The SMILES string of the molecule is CCn1cc(Br)cc1C(=O)NC(C)c1ccc(Br)cc1. The van der Waals surface area contributed by atoms with Crippen molar-refractivity contribution in [2.24, 2.45) is 0 Å². The lowest BCUT2D eigenvalue weighted by Crippen LogP contribution is -2.28. The number of carbonyl (C=O) groups is 1. The molecule has 5 heteroatoms. The van der Waals surface area contributed by atoms with Gasteiger partial charge in [-0.1, -0.05) is 28.1 Å². The van der Waals surface area contributed by atoms with E-state index in [1.165, 1.54) is 0 Å². The molecule has 3 nitrogen and oxygen atoms in total. The Morgan fingerprint density at radius 2 is 1.90 bits per heavy atom. The molecule has 1 atom stereocenters. The van der Waals surface area contributed by atoms with Crippen molar-refractivity contribution in [3.05, 3.63) is 56.7 Å². The average Bonchev–Trinajstić information content (AvgIpc) is 2.80. The summed E-state index contributed by atoms with van der Waals surface area (Å²) < 4.78 is 3.87. The molecule has 0 bridgehead atoms. The molecule has 1 amide bonds. The molecule has 1 aromatic heterocycles. The largest absolute Gasteiger partial charge is 0.344 e. The summed E-state index contributed by atoms with van der Waals surface area (Å²) in [5.74, 6) is -0.0621. The number of carbonyl (C=O) groups excluding carboxylic acids is 1. The van der Waals surface area contributed by atoms with Crippen molar-refractivity contribution in [2.45, 2.75) is 26.4 Å². The van der Waals surface area contributed by atoms with Gasteiger partial charge in [0.2, 0.25) is 0 Å². The molecule has 0 aliphatic heterocycles. The first-order valence-corrected chi connectivity index (χ1v) is 8.02. The van der Waals surface area contributed by atoms with Gasteiger partial charge < -0.3 is 9.88 Å². The predicted molar refractivity (Wildman–Crippen MR) is 87.8 cm³/mol. The van der Waals surface area contributed by atoms with E-state index in [-0.39, 0.29) is 11.9 Å². The highest BCUT2D eigenvalue weighted by Gasteiger charge is 2.15. The van der Waals surface area contributed by atoms with Gasteiger partial charge in [-0.3, -0.25) is 4.79 Å². The van der Waals surface area contributed by atoms with Crippen molar-refractivity contribution >= 4 is 37.8 Å². The van der Waals surface area contributed by atoms with Crippen molar-refractivity contribution in [3.63, 3.8) is 0 Å². The van der Waals surface area contributed by atoms with E-state index in [0.717, 1.165) is 21.1 Å². The maximum Gasteiger partial charge on any atom is 0.268 e. The Labute approximate surface area is 135 Å². The van der Waals surface area contributed by atoms with E-state index in [0.29, 0.717) is 5.69 Å². The number of aryl methyl sites for hydroxylation is 1. The predicted octanol–water partition coefficient (Wildman–Crippen LogP) is 4.52. The Morgan fingerprint density at radius 1 is 1.25 bits per heavy atom. The summed E-state index contributed by atoms with van der Waals surface area (Å²) in [5.41, 5.74) is 1.75. The van der Waals surface area contributed by atoms with E-state index in [1.807, 2.05) is 54.9 Å².